The Bertz CT molecular complexity index is 600. The van der Waals surface area contributed by atoms with Gasteiger partial charge in [-0.05, 0) is 43.5 Å². The molecule has 1 amide bonds. The number of nitrogens with one attached hydrogen (secondary N) is 1. The van der Waals surface area contributed by atoms with Crippen molar-refractivity contribution in [3.63, 3.8) is 0 Å². The first-order chi connectivity index (χ1) is 11.7. The van der Waals surface area contributed by atoms with Crippen molar-refractivity contribution < 1.29 is 14.3 Å². The van der Waals surface area contributed by atoms with Crippen molar-refractivity contribution in [1.29, 1.82) is 0 Å². The van der Waals surface area contributed by atoms with Gasteiger partial charge in [-0.25, -0.2) is 0 Å². The minimum absolute atomic E-state index is 0.110. The molecular formula is C19H26N2O3. The molecule has 0 spiro atoms. The van der Waals surface area contributed by atoms with Gasteiger partial charge in [-0.1, -0.05) is 18.2 Å². The van der Waals surface area contributed by atoms with Crippen LogP contribution in [0.4, 0.5) is 0 Å². The molecule has 24 heavy (non-hydrogen) atoms. The molecule has 2 heterocycles. The van der Waals surface area contributed by atoms with Gasteiger partial charge in [0.2, 0.25) is 5.91 Å². The van der Waals surface area contributed by atoms with Crippen molar-refractivity contribution >= 4 is 5.91 Å². The van der Waals surface area contributed by atoms with Gasteiger partial charge in [0.1, 0.15) is 13.2 Å². The van der Waals surface area contributed by atoms with E-state index in [1.54, 1.807) is 0 Å². The number of carbonyl (C=O) groups is 1. The fraction of sp³-hybridized carbons (Fsp3) is 0.526. The predicted octanol–water partition coefficient (Wildman–Crippen LogP) is 2.36. The molecule has 0 aliphatic carbocycles. The molecule has 1 saturated heterocycles. The number of fused-ring (bicyclic) bond motifs is 1. The molecule has 0 aromatic heterocycles. The van der Waals surface area contributed by atoms with E-state index in [1.165, 1.54) is 5.56 Å². The first-order valence-electron chi connectivity index (χ1n) is 8.73. The summed E-state index contributed by atoms with van der Waals surface area (Å²) in [4.78, 5) is 14.1. The van der Waals surface area contributed by atoms with E-state index < -0.39 is 0 Å². The number of likely N-dealkylation sites (tertiary alicyclic amines) is 1. The zero-order valence-electron chi connectivity index (χ0n) is 14.3. The topological polar surface area (TPSA) is 50.8 Å². The van der Waals surface area contributed by atoms with Gasteiger partial charge in [0.15, 0.2) is 11.5 Å². The summed E-state index contributed by atoms with van der Waals surface area (Å²) in [6.45, 7) is 6.96. The van der Waals surface area contributed by atoms with Gasteiger partial charge in [0.25, 0.3) is 0 Å². The minimum Gasteiger partial charge on any atom is -0.486 e. The molecule has 130 valence electrons. The summed E-state index contributed by atoms with van der Waals surface area (Å²) >= 11 is 0. The van der Waals surface area contributed by atoms with E-state index in [1.807, 2.05) is 25.1 Å². The highest BCUT2D eigenvalue weighted by Crippen LogP contribution is 2.31. The largest absolute Gasteiger partial charge is 0.486 e. The fourth-order valence-electron chi connectivity index (χ4n) is 3.22. The second-order valence-electron chi connectivity index (χ2n) is 6.45. The maximum absolute atomic E-state index is 11.7. The normalized spacial score (nSPS) is 20.5. The zero-order valence-corrected chi connectivity index (χ0v) is 14.3. The molecule has 0 unspecified atom stereocenters. The van der Waals surface area contributed by atoms with Crippen LogP contribution in [-0.2, 0) is 11.3 Å². The van der Waals surface area contributed by atoms with Crippen LogP contribution in [0.1, 0.15) is 25.3 Å². The van der Waals surface area contributed by atoms with Gasteiger partial charge < -0.3 is 14.8 Å². The zero-order chi connectivity index (χ0) is 16.8. The van der Waals surface area contributed by atoms with Crippen molar-refractivity contribution in [2.75, 3.05) is 32.8 Å². The van der Waals surface area contributed by atoms with Crippen molar-refractivity contribution in [1.82, 2.24) is 10.2 Å². The summed E-state index contributed by atoms with van der Waals surface area (Å²) in [6, 6.07) is 6.19. The summed E-state index contributed by atoms with van der Waals surface area (Å²) < 4.78 is 11.2. The minimum atomic E-state index is 0.110. The van der Waals surface area contributed by atoms with Gasteiger partial charge in [0, 0.05) is 26.1 Å². The van der Waals surface area contributed by atoms with Crippen LogP contribution in [0.25, 0.3) is 0 Å². The standard InChI is InChI=1S/C19H26N2O3/c1-2-3-4-19(22)20-12-16-7-8-21(14-16)13-15-5-6-17-18(11-15)24-10-9-23-17/h2-3,5-6,11,16H,4,7-10,12-14H2,1H3,(H,20,22)/b3-2+/t16-/m0/s1. The van der Waals surface area contributed by atoms with Crippen LogP contribution in [0.5, 0.6) is 11.5 Å². The second kappa shape index (κ2) is 8.20. The van der Waals surface area contributed by atoms with Crippen LogP contribution in [0, 0.1) is 5.92 Å². The Hall–Kier alpha value is -2.01. The molecule has 1 atom stereocenters. The van der Waals surface area contributed by atoms with E-state index in [4.69, 9.17) is 9.47 Å². The van der Waals surface area contributed by atoms with E-state index in [0.717, 1.165) is 44.1 Å². The molecule has 0 radical (unpaired) electrons. The number of amides is 1. The number of ether oxygens (including phenoxy) is 2. The molecule has 1 fully saturated rings. The third kappa shape index (κ3) is 4.51. The SMILES string of the molecule is C/C=C/CC(=O)NC[C@@H]1CCN(Cc2ccc3c(c2)OCCO3)C1. The van der Waals surface area contributed by atoms with Crippen LogP contribution < -0.4 is 14.8 Å². The Morgan fingerprint density at radius 3 is 3.00 bits per heavy atom. The number of rotatable bonds is 6. The van der Waals surface area contributed by atoms with E-state index >= 15 is 0 Å². The summed E-state index contributed by atoms with van der Waals surface area (Å²) in [7, 11) is 0. The summed E-state index contributed by atoms with van der Waals surface area (Å²) in [6.07, 6.45) is 5.40. The second-order valence-corrected chi connectivity index (χ2v) is 6.45. The molecule has 0 saturated carbocycles. The number of hydrogen-bond donors (Lipinski definition) is 1. The lowest BCUT2D eigenvalue weighted by molar-refractivity contribution is -0.120. The summed E-state index contributed by atoms with van der Waals surface area (Å²) in [5.74, 6) is 2.34. The lowest BCUT2D eigenvalue weighted by Crippen LogP contribution is -2.30. The van der Waals surface area contributed by atoms with Crippen molar-refractivity contribution in [3.8, 4) is 11.5 Å². The Kier molecular flexibility index (Phi) is 5.75. The quantitative estimate of drug-likeness (QED) is 0.814. The van der Waals surface area contributed by atoms with Gasteiger partial charge in [-0.3, -0.25) is 9.69 Å². The number of hydrogen-bond acceptors (Lipinski definition) is 4. The van der Waals surface area contributed by atoms with E-state index in [0.29, 0.717) is 25.6 Å². The van der Waals surface area contributed by atoms with Crippen LogP contribution >= 0.6 is 0 Å². The number of allylic oxidation sites excluding steroid dienone is 1. The first-order valence-corrected chi connectivity index (χ1v) is 8.73. The Morgan fingerprint density at radius 1 is 1.33 bits per heavy atom. The van der Waals surface area contributed by atoms with Crippen LogP contribution in [0.15, 0.2) is 30.4 Å². The lowest BCUT2D eigenvalue weighted by atomic mass is 10.1. The smallest absolute Gasteiger partial charge is 0.223 e. The Balaban J connectivity index is 1.45. The molecule has 0 bridgehead atoms. The van der Waals surface area contributed by atoms with Crippen LogP contribution in [0.3, 0.4) is 0 Å². The fourth-order valence-corrected chi connectivity index (χ4v) is 3.22. The van der Waals surface area contributed by atoms with Crippen LogP contribution in [0.2, 0.25) is 0 Å². The predicted molar refractivity (Wildman–Crippen MR) is 93.3 cm³/mol. The highest BCUT2D eigenvalue weighted by atomic mass is 16.6. The van der Waals surface area contributed by atoms with E-state index in [-0.39, 0.29) is 5.91 Å². The van der Waals surface area contributed by atoms with Crippen LogP contribution in [-0.4, -0.2) is 43.7 Å². The first kappa shape index (κ1) is 16.8. The molecule has 2 aliphatic heterocycles. The molecule has 3 rings (SSSR count). The van der Waals surface area contributed by atoms with Crippen molar-refractivity contribution in [2.24, 2.45) is 5.92 Å². The van der Waals surface area contributed by atoms with Gasteiger partial charge in [0.05, 0.1) is 0 Å². The summed E-state index contributed by atoms with van der Waals surface area (Å²) in [5.41, 5.74) is 1.25. The van der Waals surface area contributed by atoms with E-state index in [9.17, 15) is 4.79 Å². The lowest BCUT2D eigenvalue weighted by Gasteiger charge is -2.21. The molecule has 5 heteroatoms. The monoisotopic (exact) mass is 330 g/mol. The Labute approximate surface area is 143 Å². The third-order valence-corrected chi connectivity index (χ3v) is 4.51. The molecule has 5 nitrogen and oxygen atoms in total. The number of carbonyl (C=O) groups excluding carboxylic acids is 1. The van der Waals surface area contributed by atoms with Gasteiger partial charge >= 0.3 is 0 Å². The molecule has 2 aliphatic rings. The highest BCUT2D eigenvalue weighted by molar-refractivity contribution is 5.77. The number of nitrogens with zero attached hydrogens (tertiary/aromatic N) is 1. The molecular weight excluding hydrogens is 304 g/mol. The van der Waals surface area contributed by atoms with Crippen molar-refractivity contribution in [2.45, 2.75) is 26.3 Å². The maximum atomic E-state index is 11.7. The van der Waals surface area contributed by atoms with E-state index in [2.05, 4.69) is 22.3 Å². The molecule has 1 aromatic carbocycles. The maximum Gasteiger partial charge on any atom is 0.223 e. The average Bonchev–Trinajstić information content (AvgIpc) is 3.05. The molecule has 1 N–H and O–H groups in total. The third-order valence-electron chi connectivity index (χ3n) is 4.51. The number of benzene rings is 1. The summed E-state index contributed by atoms with van der Waals surface area (Å²) in [5, 5.41) is 3.03. The van der Waals surface area contributed by atoms with Crippen molar-refractivity contribution in [3.05, 3.63) is 35.9 Å². The Morgan fingerprint density at radius 2 is 2.17 bits per heavy atom. The highest BCUT2D eigenvalue weighted by Gasteiger charge is 2.23. The molecule has 1 aromatic rings. The average molecular weight is 330 g/mol. The van der Waals surface area contributed by atoms with Gasteiger partial charge in [-0.15, -0.1) is 0 Å². The van der Waals surface area contributed by atoms with Gasteiger partial charge in [-0.2, -0.15) is 0 Å².